The van der Waals surface area contributed by atoms with Crippen molar-refractivity contribution in [1.29, 1.82) is 0 Å². The van der Waals surface area contributed by atoms with E-state index in [1.54, 1.807) is 0 Å². The van der Waals surface area contributed by atoms with Crippen molar-refractivity contribution >= 4 is 22.3 Å². The van der Waals surface area contributed by atoms with Crippen LogP contribution in [0.5, 0.6) is 0 Å². The first kappa shape index (κ1) is 14.9. The molecule has 0 atom stereocenters. The number of nitrogens with zero attached hydrogens (tertiary/aromatic N) is 2. The average molecular weight is 316 g/mol. The third kappa shape index (κ3) is 2.78. The van der Waals surface area contributed by atoms with Crippen molar-refractivity contribution in [3.63, 3.8) is 0 Å². The summed E-state index contributed by atoms with van der Waals surface area (Å²) in [6, 6.07) is 12.4. The van der Waals surface area contributed by atoms with Crippen LogP contribution in [0.2, 0.25) is 0 Å². The molecule has 0 amide bonds. The standard InChI is InChI=1S/C21H20N2O/c1-14(2)15-3-5-16(6-4-15)21(24)12-18-11-20-17(13-22-18)9-10-23(20)19-7-8-19/h3-6,9-11,13,19H,1,7-8,12H2,2H3. The smallest absolute Gasteiger partial charge is 0.168 e. The van der Waals surface area contributed by atoms with Gasteiger partial charge in [0, 0.05) is 29.4 Å². The van der Waals surface area contributed by atoms with Gasteiger partial charge in [-0.3, -0.25) is 9.78 Å². The molecule has 0 bridgehead atoms. The molecule has 0 aliphatic heterocycles. The number of rotatable bonds is 5. The average Bonchev–Trinajstić information content (AvgIpc) is 3.34. The Balaban J connectivity index is 1.57. The van der Waals surface area contributed by atoms with E-state index in [0.717, 1.165) is 27.8 Å². The van der Waals surface area contributed by atoms with Crippen molar-refractivity contribution in [2.45, 2.75) is 32.2 Å². The van der Waals surface area contributed by atoms with Gasteiger partial charge in [-0.2, -0.15) is 0 Å². The first-order chi connectivity index (χ1) is 11.6. The van der Waals surface area contributed by atoms with E-state index < -0.39 is 0 Å². The maximum Gasteiger partial charge on any atom is 0.168 e. The molecule has 0 N–H and O–H groups in total. The van der Waals surface area contributed by atoms with Gasteiger partial charge in [0.2, 0.25) is 0 Å². The van der Waals surface area contributed by atoms with Gasteiger partial charge in [0.15, 0.2) is 5.78 Å². The molecular formula is C21H20N2O. The summed E-state index contributed by atoms with van der Waals surface area (Å²) >= 11 is 0. The third-order valence-corrected chi connectivity index (χ3v) is 4.64. The number of benzene rings is 1. The van der Waals surface area contributed by atoms with Crippen molar-refractivity contribution < 1.29 is 4.79 Å². The van der Waals surface area contributed by atoms with E-state index in [4.69, 9.17) is 0 Å². The Bertz CT molecular complexity index is 930. The molecule has 3 nitrogen and oxygen atoms in total. The van der Waals surface area contributed by atoms with Gasteiger partial charge in [-0.25, -0.2) is 0 Å². The van der Waals surface area contributed by atoms with Crippen molar-refractivity contribution in [1.82, 2.24) is 9.55 Å². The molecule has 2 aromatic heterocycles. The summed E-state index contributed by atoms with van der Waals surface area (Å²) in [6.07, 6.45) is 6.83. The number of hydrogen-bond acceptors (Lipinski definition) is 2. The van der Waals surface area contributed by atoms with Gasteiger partial charge in [0.25, 0.3) is 0 Å². The molecule has 3 aromatic rings. The van der Waals surface area contributed by atoms with Crippen LogP contribution in [0.25, 0.3) is 16.5 Å². The highest BCUT2D eigenvalue weighted by Gasteiger charge is 2.24. The van der Waals surface area contributed by atoms with Gasteiger partial charge in [-0.1, -0.05) is 36.4 Å². The lowest BCUT2D eigenvalue weighted by Crippen LogP contribution is -2.05. The highest BCUT2D eigenvalue weighted by atomic mass is 16.1. The molecule has 0 spiro atoms. The first-order valence-electron chi connectivity index (χ1n) is 8.36. The van der Waals surface area contributed by atoms with Crippen molar-refractivity contribution in [2.75, 3.05) is 0 Å². The second-order valence-corrected chi connectivity index (χ2v) is 6.65. The number of ketones is 1. The summed E-state index contributed by atoms with van der Waals surface area (Å²) in [5, 5.41) is 1.14. The van der Waals surface area contributed by atoms with Crippen molar-refractivity contribution in [3.05, 3.63) is 72.2 Å². The minimum absolute atomic E-state index is 0.0969. The molecule has 0 radical (unpaired) electrons. The fraction of sp³-hybridized carbons (Fsp3) is 0.238. The van der Waals surface area contributed by atoms with Crippen LogP contribution in [-0.4, -0.2) is 15.3 Å². The number of hydrogen-bond donors (Lipinski definition) is 0. The van der Waals surface area contributed by atoms with Gasteiger partial charge in [-0.05, 0) is 37.5 Å². The molecule has 1 aliphatic rings. The van der Waals surface area contributed by atoms with Crippen LogP contribution in [0.3, 0.4) is 0 Å². The number of allylic oxidation sites excluding steroid dienone is 1. The van der Waals surface area contributed by atoms with E-state index >= 15 is 0 Å². The van der Waals surface area contributed by atoms with Crippen LogP contribution in [-0.2, 0) is 6.42 Å². The second kappa shape index (κ2) is 5.75. The van der Waals surface area contributed by atoms with Crippen LogP contribution in [0.15, 0.2) is 55.4 Å². The molecule has 1 aromatic carbocycles. The summed E-state index contributed by atoms with van der Waals surface area (Å²) in [4.78, 5) is 17.0. The highest BCUT2D eigenvalue weighted by Crippen LogP contribution is 2.37. The topological polar surface area (TPSA) is 34.9 Å². The van der Waals surface area contributed by atoms with E-state index in [-0.39, 0.29) is 5.78 Å². The number of Topliss-reactive ketones (excluding diaryl/α,β-unsaturated/α-hetero) is 1. The maximum atomic E-state index is 12.5. The Labute approximate surface area is 141 Å². The lowest BCUT2D eigenvalue weighted by atomic mass is 10.0. The zero-order chi connectivity index (χ0) is 16.7. The Morgan fingerprint density at radius 3 is 2.58 bits per heavy atom. The lowest BCUT2D eigenvalue weighted by Gasteiger charge is -2.06. The maximum absolute atomic E-state index is 12.5. The number of fused-ring (bicyclic) bond motifs is 1. The van der Waals surface area contributed by atoms with Crippen LogP contribution < -0.4 is 0 Å². The third-order valence-electron chi connectivity index (χ3n) is 4.64. The van der Waals surface area contributed by atoms with Gasteiger partial charge in [0.1, 0.15) is 0 Å². The molecule has 120 valence electrons. The summed E-state index contributed by atoms with van der Waals surface area (Å²) in [5.41, 5.74) is 4.81. The van der Waals surface area contributed by atoms with Crippen molar-refractivity contribution in [3.8, 4) is 0 Å². The fourth-order valence-corrected chi connectivity index (χ4v) is 3.06. The molecule has 1 aliphatic carbocycles. The van der Waals surface area contributed by atoms with Gasteiger partial charge in [-0.15, -0.1) is 0 Å². The molecular weight excluding hydrogens is 296 g/mol. The Hall–Kier alpha value is -2.68. The molecule has 2 heterocycles. The predicted octanol–water partition coefficient (Wildman–Crippen LogP) is 4.83. The van der Waals surface area contributed by atoms with E-state index in [9.17, 15) is 4.79 Å². The number of aromatic nitrogens is 2. The van der Waals surface area contributed by atoms with Crippen LogP contribution in [0.1, 0.15) is 47.4 Å². The van der Waals surface area contributed by atoms with E-state index in [0.29, 0.717) is 12.5 Å². The number of pyridine rings is 1. The summed E-state index contributed by atoms with van der Waals surface area (Å²) in [7, 11) is 0. The van der Waals surface area contributed by atoms with Crippen LogP contribution >= 0.6 is 0 Å². The molecule has 0 saturated heterocycles. The quantitative estimate of drug-likeness (QED) is 0.632. The Morgan fingerprint density at radius 2 is 1.92 bits per heavy atom. The molecule has 24 heavy (non-hydrogen) atoms. The first-order valence-corrected chi connectivity index (χ1v) is 8.36. The zero-order valence-electron chi connectivity index (χ0n) is 13.8. The normalized spacial score (nSPS) is 14.0. The largest absolute Gasteiger partial charge is 0.344 e. The monoisotopic (exact) mass is 316 g/mol. The summed E-state index contributed by atoms with van der Waals surface area (Å²) in [6.45, 7) is 5.88. The van der Waals surface area contributed by atoms with Gasteiger partial charge >= 0.3 is 0 Å². The van der Waals surface area contributed by atoms with Crippen LogP contribution in [0.4, 0.5) is 0 Å². The van der Waals surface area contributed by atoms with Gasteiger partial charge < -0.3 is 4.57 Å². The van der Waals surface area contributed by atoms with E-state index in [2.05, 4.69) is 34.5 Å². The number of carbonyl (C=O) groups is 1. The predicted molar refractivity (Wildman–Crippen MR) is 97.2 cm³/mol. The number of carbonyl (C=O) groups excluding carboxylic acids is 1. The van der Waals surface area contributed by atoms with Crippen molar-refractivity contribution in [2.24, 2.45) is 0 Å². The Morgan fingerprint density at radius 1 is 1.21 bits per heavy atom. The van der Waals surface area contributed by atoms with Gasteiger partial charge in [0.05, 0.1) is 17.6 Å². The summed E-state index contributed by atoms with van der Waals surface area (Å²) in [5.74, 6) is 0.0969. The fourth-order valence-electron chi connectivity index (χ4n) is 3.06. The highest BCUT2D eigenvalue weighted by molar-refractivity contribution is 5.98. The van der Waals surface area contributed by atoms with E-state index in [1.165, 1.54) is 18.4 Å². The SMILES string of the molecule is C=C(C)c1ccc(C(=O)Cc2cc3c(ccn3C3CC3)cn2)cc1. The minimum atomic E-state index is 0.0969. The Kier molecular flexibility index (Phi) is 3.57. The van der Waals surface area contributed by atoms with Crippen LogP contribution in [0, 0.1) is 0 Å². The molecule has 1 saturated carbocycles. The molecule has 0 unspecified atom stereocenters. The minimum Gasteiger partial charge on any atom is -0.344 e. The molecule has 3 heteroatoms. The molecule has 4 rings (SSSR count). The van der Waals surface area contributed by atoms with E-state index in [1.807, 2.05) is 37.4 Å². The zero-order valence-corrected chi connectivity index (χ0v) is 13.8. The summed E-state index contributed by atoms with van der Waals surface area (Å²) < 4.78 is 2.31. The molecule has 1 fully saturated rings. The second-order valence-electron chi connectivity index (χ2n) is 6.65. The lowest BCUT2D eigenvalue weighted by molar-refractivity contribution is 0.0992.